The van der Waals surface area contributed by atoms with Crippen LogP contribution in [0.2, 0.25) is 0 Å². The van der Waals surface area contributed by atoms with E-state index in [1.54, 1.807) is 13.8 Å². The zero-order valence-corrected chi connectivity index (χ0v) is 22.0. The fourth-order valence-electron chi connectivity index (χ4n) is 9.82. The first kappa shape index (κ1) is 26.0. The molecule has 0 amide bonds. The van der Waals surface area contributed by atoms with Gasteiger partial charge in [0.05, 0.1) is 6.10 Å². The lowest BCUT2D eigenvalue weighted by molar-refractivity contribution is -0.227. The SMILES string of the molecule is C[C@@H]1C[C@H]2[C@@H]3CC(F)=C4CC(=O)C=C[C@]4(C)[C@@]3(F)[C@@H](O)C[C@]2(C)[C@@]1(OC(=O)O[C@H]1C[C@@H]2CC[C@H]1C2)C(=O)O. The van der Waals surface area contributed by atoms with Crippen LogP contribution in [0.1, 0.15) is 72.1 Å². The molecular weight excluding hydrogens is 498 g/mol. The number of halogens is 2. The third kappa shape index (κ3) is 3.05. The molecule has 0 aromatic carbocycles. The van der Waals surface area contributed by atoms with Crippen LogP contribution in [-0.4, -0.2) is 51.6 Å². The van der Waals surface area contributed by atoms with Gasteiger partial charge >= 0.3 is 12.1 Å². The van der Waals surface area contributed by atoms with Crippen molar-refractivity contribution in [1.82, 2.24) is 0 Å². The highest BCUT2D eigenvalue weighted by Crippen LogP contribution is 2.71. The first-order valence-electron chi connectivity index (χ1n) is 13.9. The highest BCUT2D eigenvalue weighted by atomic mass is 19.1. The molecule has 0 aliphatic heterocycles. The summed E-state index contributed by atoms with van der Waals surface area (Å²) in [5, 5.41) is 22.0. The van der Waals surface area contributed by atoms with Gasteiger partial charge in [0.1, 0.15) is 11.9 Å². The second-order valence-electron chi connectivity index (χ2n) is 13.2. The van der Waals surface area contributed by atoms with Crippen molar-refractivity contribution < 1.29 is 42.9 Å². The number of aliphatic hydroxyl groups is 1. The summed E-state index contributed by atoms with van der Waals surface area (Å²) in [6.45, 7) is 4.77. The number of carbonyl (C=O) groups excluding carboxylic acids is 2. The van der Waals surface area contributed by atoms with Gasteiger partial charge < -0.3 is 19.7 Å². The Bertz CT molecular complexity index is 1170. The monoisotopic (exact) mass is 534 g/mol. The summed E-state index contributed by atoms with van der Waals surface area (Å²) in [7, 11) is 0. The van der Waals surface area contributed by atoms with Crippen LogP contribution in [0.5, 0.6) is 0 Å². The molecule has 0 spiro atoms. The number of ketones is 1. The lowest BCUT2D eigenvalue weighted by Gasteiger charge is -2.61. The molecule has 38 heavy (non-hydrogen) atoms. The average molecular weight is 535 g/mol. The van der Waals surface area contributed by atoms with E-state index in [-0.39, 0.29) is 49.1 Å². The van der Waals surface area contributed by atoms with Crippen molar-refractivity contribution in [3.05, 3.63) is 23.6 Å². The zero-order valence-electron chi connectivity index (χ0n) is 22.0. The van der Waals surface area contributed by atoms with E-state index >= 15 is 8.78 Å². The predicted octanol–water partition coefficient (Wildman–Crippen LogP) is 5.07. The van der Waals surface area contributed by atoms with E-state index in [0.717, 1.165) is 25.7 Å². The van der Waals surface area contributed by atoms with Gasteiger partial charge in [-0.1, -0.05) is 19.9 Å². The van der Waals surface area contributed by atoms with Crippen LogP contribution in [0.3, 0.4) is 0 Å². The largest absolute Gasteiger partial charge is 0.509 e. The molecule has 2 bridgehead atoms. The Morgan fingerprint density at radius 3 is 2.50 bits per heavy atom. The molecule has 6 rings (SSSR count). The Kier molecular flexibility index (Phi) is 5.54. The van der Waals surface area contributed by atoms with Crippen molar-refractivity contribution in [2.75, 3.05) is 0 Å². The third-order valence-corrected chi connectivity index (χ3v) is 11.7. The molecule has 11 atom stereocenters. The van der Waals surface area contributed by atoms with Crippen molar-refractivity contribution in [1.29, 1.82) is 0 Å². The highest BCUT2D eigenvalue weighted by molar-refractivity contribution is 5.93. The maximum Gasteiger partial charge on any atom is 0.509 e. The molecule has 9 heteroatoms. The van der Waals surface area contributed by atoms with Crippen LogP contribution in [0, 0.1) is 40.4 Å². The molecule has 4 saturated carbocycles. The molecule has 0 aromatic heterocycles. The van der Waals surface area contributed by atoms with Gasteiger partial charge in [-0.15, -0.1) is 0 Å². The van der Waals surface area contributed by atoms with Crippen molar-refractivity contribution in [3.63, 3.8) is 0 Å². The van der Waals surface area contributed by atoms with Crippen LogP contribution in [0.4, 0.5) is 13.6 Å². The first-order valence-corrected chi connectivity index (χ1v) is 13.9. The molecule has 0 heterocycles. The number of carboxylic acid groups (broad SMARTS) is 1. The van der Waals surface area contributed by atoms with E-state index in [0.29, 0.717) is 5.92 Å². The smallest absolute Gasteiger partial charge is 0.478 e. The molecule has 0 saturated heterocycles. The fraction of sp³-hybridized carbons (Fsp3) is 0.759. The molecular formula is C29H36F2O7. The Morgan fingerprint density at radius 2 is 1.87 bits per heavy atom. The van der Waals surface area contributed by atoms with Crippen LogP contribution in [-0.2, 0) is 19.1 Å². The Labute approximate surface area is 220 Å². The standard InChI is InChI=1S/C29H36F2O7/c1-14-8-18-19-12-21(30)20-11-17(32)6-7-26(20,2)28(19,31)23(33)13-27(18,3)29(14,24(34)35)38-25(36)37-22-10-15-4-5-16(22)9-15/h6-7,14-16,18-19,22-23,33H,4-5,8-13H2,1-3H3,(H,34,35)/t14-,15-,16+,18+,19+,22+,23+,26+,27+,28+,29+/m1/s1. The minimum absolute atomic E-state index is 0.0487. The van der Waals surface area contributed by atoms with Crippen molar-refractivity contribution in [2.45, 2.75) is 95.6 Å². The molecule has 4 fully saturated rings. The van der Waals surface area contributed by atoms with Gasteiger partial charge in [-0.3, -0.25) is 4.79 Å². The normalized spacial score (nSPS) is 50.9. The van der Waals surface area contributed by atoms with E-state index in [1.807, 2.05) is 0 Å². The van der Waals surface area contributed by atoms with Gasteiger partial charge in [0.25, 0.3) is 0 Å². The summed E-state index contributed by atoms with van der Waals surface area (Å²) in [6.07, 6.45) is 2.65. The molecule has 6 aliphatic rings. The summed E-state index contributed by atoms with van der Waals surface area (Å²) >= 11 is 0. The number of rotatable bonds is 3. The molecule has 6 aliphatic carbocycles. The fourth-order valence-corrected chi connectivity index (χ4v) is 9.82. The maximum absolute atomic E-state index is 17.3. The van der Waals surface area contributed by atoms with E-state index in [1.165, 1.54) is 19.1 Å². The molecule has 7 nitrogen and oxygen atoms in total. The number of carbonyl (C=O) groups is 3. The number of carboxylic acids is 1. The summed E-state index contributed by atoms with van der Waals surface area (Å²) in [4.78, 5) is 38.2. The molecule has 0 unspecified atom stereocenters. The van der Waals surface area contributed by atoms with Crippen molar-refractivity contribution in [2.24, 2.45) is 40.4 Å². The Morgan fingerprint density at radius 1 is 1.13 bits per heavy atom. The summed E-state index contributed by atoms with van der Waals surface area (Å²) in [6, 6.07) is 0. The minimum Gasteiger partial charge on any atom is -0.478 e. The number of hydrogen-bond acceptors (Lipinski definition) is 6. The molecule has 208 valence electrons. The lowest BCUT2D eigenvalue weighted by Crippen LogP contribution is -2.69. The van der Waals surface area contributed by atoms with E-state index in [9.17, 15) is 24.6 Å². The van der Waals surface area contributed by atoms with Gasteiger partial charge in [-0.05, 0) is 74.9 Å². The summed E-state index contributed by atoms with van der Waals surface area (Å²) < 4.78 is 44.4. The van der Waals surface area contributed by atoms with Crippen molar-refractivity contribution in [3.8, 4) is 0 Å². The average Bonchev–Trinajstić information content (AvgIpc) is 3.51. The van der Waals surface area contributed by atoms with Crippen LogP contribution < -0.4 is 0 Å². The number of aliphatic hydroxyl groups excluding tert-OH is 1. The highest BCUT2D eigenvalue weighted by Gasteiger charge is 2.78. The van der Waals surface area contributed by atoms with Crippen LogP contribution in [0.15, 0.2) is 23.6 Å². The first-order chi connectivity index (χ1) is 17.8. The zero-order chi connectivity index (χ0) is 27.4. The lowest BCUT2D eigenvalue weighted by atomic mass is 9.45. The second kappa shape index (κ2) is 8.12. The number of aliphatic carboxylic acids is 1. The number of alkyl halides is 1. The number of allylic oxidation sites excluding steroid dienone is 4. The predicted molar refractivity (Wildman–Crippen MR) is 130 cm³/mol. The quantitative estimate of drug-likeness (QED) is 0.487. The topological polar surface area (TPSA) is 110 Å². The summed E-state index contributed by atoms with van der Waals surface area (Å²) in [5.41, 5.74) is -7.28. The third-order valence-electron chi connectivity index (χ3n) is 11.7. The number of ether oxygens (including phenoxy) is 2. The van der Waals surface area contributed by atoms with Gasteiger partial charge in [0.15, 0.2) is 11.5 Å². The maximum atomic E-state index is 17.3. The Balaban J connectivity index is 1.36. The Hall–Kier alpha value is -2.29. The second-order valence-corrected chi connectivity index (χ2v) is 13.2. The molecule has 0 aromatic rings. The van der Waals surface area contributed by atoms with Gasteiger partial charge in [0, 0.05) is 35.5 Å². The number of fused-ring (bicyclic) bond motifs is 7. The van der Waals surface area contributed by atoms with E-state index in [2.05, 4.69) is 0 Å². The van der Waals surface area contributed by atoms with Crippen molar-refractivity contribution >= 4 is 17.9 Å². The van der Waals surface area contributed by atoms with Crippen LogP contribution >= 0.6 is 0 Å². The minimum atomic E-state index is -2.32. The molecule has 0 radical (unpaired) electrons. The van der Waals surface area contributed by atoms with Gasteiger partial charge in [-0.25, -0.2) is 18.4 Å². The summed E-state index contributed by atoms with van der Waals surface area (Å²) in [5.74, 6) is -4.03. The number of hydrogen-bond donors (Lipinski definition) is 2. The van der Waals surface area contributed by atoms with Gasteiger partial charge in [-0.2, -0.15) is 0 Å². The molecule has 2 N–H and O–H groups in total. The van der Waals surface area contributed by atoms with Gasteiger partial charge in [0.2, 0.25) is 5.60 Å². The van der Waals surface area contributed by atoms with Crippen LogP contribution in [0.25, 0.3) is 0 Å². The van der Waals surface area contributed by atoms with E-state index < -0.39 is 63.9 Å². The van der Waals surface area contributed by atoms with E-state index in [4.69, 9.17) is 9.47 Å².